The lowest BCUT2D eigenvalue weighted by molar-refractivity contribution is -0.130. The molecule has 1 atom stereocenters. The van der Waals surface area contributed by atoms with Crippen LogP contribution >= 0.6 is 0 Å². The SMILES string of the molecule is C.CCN(CC)c1cccc(C#Cc2ccc(C(=O)N[C@@H](CN)C(=O)NO)cc2)c1. The summed E-state index contributed by atoms with van der Waals surface area (Å²) in [6, 6.07) is 13.8. The molecule has 160 valence electrons. The molecule has 0 aliphatic carbocycles. The Balaban J connectivity index is 0.00000450. The van der Waals surface area contributed by atoms with Crippen molar-refractivity contribution in [2.45, 2.75) is 27.3 Å². The normalized spacial score (nSPS) is 10.7. The van der Waals surface area contributed by atoms with E-state index in [0.29, 0.717) is 5.56 Å². The van der Waals surface area contributed by atoms with E-state index in [-0.39, 0.29) is 14.0 Å². The predicted octanol–water partition coefficient (Wildman–Crippen LogP) is 2.13. The lowest BCUT2D eigenvalue weighted by Crippen LogP contribution is -2.50. The molecule has 30 heavy (non-hydrogen) atoms. The summed E-state index contributed by atoms with van der Waals surface area (Å²) < 4.78 is 0. The number of anilines is 1. The molecule has 2 rings (SSSR count). The zero-order chi connectivity index (χ0) is 21.2. The fourth-order valence-corrected chi connectivity index (χ4v) is 2.77. The van der Waals surface area contributed by atoms with Crippen LogP contribution in [0.15, 0.2) is 48.5 Å². The second kappa shape index (κ2) is 12.3. The summed E-state index contributed by atoms with van der Waals surface area (Å²) in [7, 11) is 0. The standard InChI is InChI=1S/C22H26N4O3.CH4/c1-3-26(4-2)19-7-5-6-17(14-19)9-8-16-10-12-18(13-11-16)21(27)24-20(15-23)22(28)25-29;/h5-7,10-14,20,29H,3-4,15,23H2,1-2H3,(H,24,27)(H,25,28);1H4/t20-;/m0./s1. The Morgan fingerprint density at radius 1 is 1.07 bits per heavy atom. The molecular weight excluding hydrogens is 380 g/mol. The van der Waals surface area contributed by atoms with Gasteiger partial charge in [-0.05, 0) is 56.3 Å². The molecule has 0 aromatic heterocycles. The summed E-state index contributed by atoms with van der Waals surface area (Å²) in [5.74, 6) is 5.00. The summed E-state index contributed by atoms with van der Waals surface area (Å²) in [6.07, 6.45) is 0. The highest BCUT2D eigenvalue weighted by molar-refractivity contribution is 5.97. The van der Waals surface area contributed by atoms with Gasteiger partial charge in [0.25, 0.3) is 11.8 Å². The highest BCUT2D eigenvalue weighted by Crippen LogP contribution is 2.15. The third kappa shape index (κ3) is 6.62. The molecule has 0 saturated heterocycles. The number of amides is 2. The molecule has 7 heteroatoms. The lowest BCUT2D eigenvalue weighted by atomic mass is 10.1. The van der Waals surface area contributed by atoms with E-state index < -0.39 is 17.9 Å². The summed E-state index contributed by atoms with van der Waals surface area (Å²) in [5, 5.41) is 11.1. The molecule has 0 saturated carbocycles. The minimum atomic E-state index is -1.01. The topological polar surface area (TPSA) is 108 Å². The molecule has 2 aromatic rings. The molecule has 0 bridgehead atoms. The number of carbonyl (C=O) groups is 2. The molecule has 0 spiro atoms. The number of rotatable bonds is 7. The molecule has 0 aliphatic rings. The van der Waals surface area contributed by atoms with Crippen LogP contribution in [0.5, 0.6) is 0 Å². The summed E-state index contributed by atoms with van der Waals surface area (Å²) in [4.78, 5) is 25.9. The van der Waals surface area contributed by atoms with Crippen molar-refractivity contribution in [3.8, 4) is 11.8 Å². The van der Waals surface area contributed by atoms with Crippen molar-refractivity contribution < 1.29 is 14.8 Å². The van der Waals surface area contributed by atoms with Crippen LogP contribution in [0.3, 0.4) is 0 Å². The zero-order valence-electron chi connectivity index (χ0n) is 16.6. The van der Waals surface area contributed by atoms with Gasteiger partial charge in [0.2, 0.25) is 0 Å². The van der Waals surface area contributed by atoms with Crippen molar-refractivity contribution in [1.82, 2.24) is 10.8 Å². The first-order valence-corrected chi connectivity index (χ1v) is 9.44. The maximum atomic E-state index is 12.2. The second-order valence-electron chi connectivity index (χ2n) is 6.29. The van der Waals surface area contributed by atoms with Crippen molar-refractivity contribution in [3.63, 3.8) is 0 Å². The first-order valence-electron chi connectivity index (χ1n) is 9.44. The van der Waals surface area contributed by atoms with E-state index in [1.807, 2.05) is 12.1 Å². The number of hydroxylamine groups is 1. The highest BCUT2D eigenvalue weighted by atomic mass is 16.5. The highest BCUT2D eigenvalue weighted by Gasteiger charge is 2.19. The maximum Gasteiger partial charge on any atom is 0.267 e. The molecule has 2 amide bonds. The number of carbonyl (C=O) groups excluding carboxylic acids is 2. The molecule has 0 fully saturated rings. The monoisotopic (exact) mass is 410 g/mol. The van der Waals surface area contributed by atoms with Crippen LogP contribution in [0.2, 0.25) is 0 Å². The number of nitrogens with zero attached hydrogens (tertiary/aromatic N) is 1. The first kappa shape index (κ1) is 24.7. The van der Waals surface area contributed by atoms with Gasteiger partial charge in [0.05, 0.1) is 0 Å². The van der Waals surface area contributed by atoms with E-state index >= 15 is 0 Å². The third-order valence-electron chi connectivity index (χ3n) is 4.44. The Hall–Kier alpha value is -3.34. The summed E-state index contributed by atoms with van der Waals surface area (Å²) in [5.41, 5.74) is 10.1. The van der Waals surface area contributed by atoms with Crippen molar-refractivity contribution >= 4 is 17.5 Å². The molecule has 5 N–H and O–H groups in total. The van der Waals surface area contributed by atoms with Gasteiger partial charge in [0.1, 0.15) is 6.04 Å². The quantitative estimate of drug-likeness (QED) is 0.318. The smallest absolute Gasteiger partial charge is 0.267 e. The molecule has 0 heterocycles. The Kier molecular flexibility index (Phi) is 10.1. The minimum Gasteiger partial charge on any atom is -0.372 e. The van der Waals surface area contributed by atoms with E-state index in [0.717, 1.165) is 29.9 Å². The van der Waals surface area contributed by atoms with Crippen LogP contribution in [0.4, 0.5) is 5.69 Å². The number of hydrogen-bond donors (Lipinski definition) is 4. The Morgan fingerprint density at radius 2 is 1.70 bits per heavy atom. The Labute approximate surface area is 178 Å². The average Bonchev–Trinajstić information content (AvgIpc) is 2.77. The fourth-order valence-electron chi connectivity index (χ4n) is 2.77. The van der Waals surface area contributed by atoms with Crippen LogP contribution in [0.1, 0.15) is 42.8 Å². The van der Waals surface area contributed by atoms with Crippen LogP contribution < -0.4 is 21.4 Å². The zero-order valence-corrected chi connectivity index (χ0v) is 16.6. The molecule has 0 unspecified atom stereocenters. The second-order valence-corrected chi connectivity index (χ2v) is 6.29. The van der Waals surface area contributed by atoms with Gasteiger partial charge in [-0.15, -0.1) is 0 Å². The molecule has 0 aliphatic heterocycles. The largest absolute Gasteiger partial charge is 0.372 e. The van der Waals surface area contributed by atoms with Crippen LogP contribution in [-0.4, -0.2) is 42.7 Å². The Bertz CT molecular complexity index is 897. The average molecular weight is 411 g/mol. The fraction of sp³-hybridized carbons (Fsp3) is 0.304. The minimum absolute atomic E-state index is 0. The first-order chi connectivity index (χ1) is 14.0. The third-order valence-corrected chi connectivity index (χ3v) is 4.44. The van der Waals surface area contributed by atoms with E-state index in [1.165, 1.54) is 5.48 Å². The van der Waals surface area contributed by atoms with Gasteiger partial charge in [0.15, 0.2) is 0 Å². The molecular formula is C23H30N4O3. The molecule has 2 aromatic carbocycles. The van der Waals surface area contributed by atoms with Crippen LogP contribution in [0, 0.1) is 11.8 Å². The van der Waals surface area contributed by atoms with E-state index in [9.17, 15) is 9.59 Å². The number of benzene rings is 2. The van der Waals surface area contributed by atoms with Gasteiger partial charge in [-0.25, -0.2) is 5.48 Å². The van der Waals surface area contributed by atoms with Gasteiger partial charge in [-0.2, -0.15) is 0 Å². The molecule has 0 radical (unpaired) electrons. The number of hydrogen-bond acceptors (Lipinski definition) is 5. The van der Waals surface area contributed by atoms with Crippen molar-refractivity contribution in [3.05, 3.63) is 65.2 Å². The molecule has 7 nitrogen and oxygen atoms in total. The van der Waals surface area contributed by atoms with Crippen molar-refractivity contribution in [2.24, 2.45) is 5.73 Å². The van der Waals surface area contributed by atoms with Gasteiger partial charge in [0, 0.05) is 42.0 Å². The predicted molar refractivity (Wildman–Crippen MR) is 119 cm³/mol. The summed E-state index contributed by atoms with van der Waals surface area (Å²) >= 11 is 0. The van der Waals surface area contributed by atoms with Gasteiger partial charge in [-0.3, -0.25) is 14.8 Å². The summed E-state index contributed by atoms with van der Waals surface area (Å²) in [6.45, 7) is 5.97. The van der Waals surface area contributed by atoms with Gasteiger partial charge in [-0.1, -0.05) is 25.3 Å². The Morgan fingerprint density at radius 3 is 2.27 bits per heavy atom. The van der Waals surface area contributed by atoms with E-state index in [4.69, 9.17) is 10.9 Å². The maximum absolute atomic E-state index is 12.2. The van der Waals surface area contributed by atoms with E-state index in [2.05, 4.69) is 48.0 Å². The van der Waals surface area contributed by atoms with Crippen LogP contribution in [-0.2, 0) is 4.79 Å². The van der Waals surface area contributed by atoms with Crippen molar-refractivity contribution in [1.29, 1.82) is 0 Å². The van der Waals surface area contributed by atoms with Gasteiger partial charge >= 0.3 is 0 Å². The number of nitrogens with one attached hydrogen (secondary N) is 2. The lowest BCUT2D eigenvalue weighted by Gasteiger charge is -2.20. The van der Waals surface area contributed by atoms with Gasteiger partial charge < -0.3 is 16.0 Å². The van der Waals surface area contributed by atoms with E-state index in [1.54, 1.807) is 24.3 Å². The number of nitrogens with two attached hydrogens (primary N) is 1. The van der Waals surface area contributed by atoms with Crippen molar-refractivity contribution in [2.75, 3.05) is 24.5 Å². The van der Waals surface area contributed by atoms with Crippen LogP contribution in [0.25, 0.3) is 0 Å².